The minimum Gasteiger partial charge on any atom is -0.380 e. The van der Waals surface area contributed by atoms with Crippen molar-refractivity contribution in [3.63, 3.8) is 0 Å². The number of ether oxygens (including phenoxy) is 2. The van der Waals surface area contributed by atoms with Gasteiger partial charge >= 0.3 is 0 Å². The van der Waals surface area contributed by atoms with Gasteiger partial charge in [-0.1, -0.05) is 19.1 Å². The van der Waals surface area contributed by atoms with Crippen molar-refractivity contribution >= 4 is 12.4 Å². The Labute approximate surface area is 96.1 Å². The molecule has 0 atom stereocenters. The Kier molecular flexibility index (Phi) is 3.36. The summed E-state index contributed by atoms with van der Waals surface area (Å²) in [5.74, 6) is 0. The van der Waals surface area contributed by atoms with Crippen molar-refractivity contribution in [1.82, 2.24) is 0 Å². The minimum absolute atomic E-state index is 0.217. The van der Waals surface area contributed by atoms with Crippen LogP contribution in [0.5, 0.6) is 0 Å². The third-order valence-electron chi connectivity index (χ3n) is 2.71. The third kappa shape index (κ3) is 2.68. The molecule has 0 amide bonds. The normalized spacial score (nSPS) is 17.8. The van der Waals surface area contributed by atoms with E-state index in [-0.39, 0.29) is 5.41 Å². The fourth-order valence-electron chi connectivity index (χ4n) is 1.69. The van der Waals surface area contributed by atoms with Gasteiger partial charge in [0.1, 0.15) is 0 Å². The van der Waals surface area contributed by atoms with E-state index >= 15 is 0 Å². The van der Waals surface area contributed by atoms with E-state index in [1.165, 1.54) is 0 Å². The Morgan fingerprint density at radius 3 is 2.94 bits per heavy atom. The van der Waals surface area contributed by atoms with Gasteiger partial charge in [-0.15, -0.1) is 0 Å². The quantitative estimate of drug-likeness (QED) is 0.713. The van der Waals surface area contributed by atoms with E-state index in [1.54, 1.807) is 0 Å². The summed E-state index contributed by atoms with van der Waals surface area (Å²) >= 11 is 0. The van der Waals surface area contributed by atoms with E-state index in [0.29, 0.717) is 6.61 Å². The van der Waals surface area contributed by atoms with E-state index in [9.17, 15) is 0 Å². The molecule has 1 aliphatic rings. The molecular formula is C13H17NO2. The molecule has 3 nitrogen and oxygen atoms in total. The summed E-state index contributed by atoms with van der Waals surface area (Å²) in [6.07, 6.45) is 0. The van der Waals surface area contributed by atoms with Crippen molar-refractivity contribution < 1.29 is 9.47 Å². The molecule has 1 aliphatic heterocycles. The van der Waals surface area contributed by atoms with Crippen LogP contribution in [0.25, 0.3) is 0 Å². The van der Waals surface area contributed by atoms with Crippen LogP contribution in [0.4, 0.5) is 5.69 Å². The van der Waals surface area contributed by atoms with Crippen LogP contribution in [0.15, 0.2) is 29.3 Å². The van der Waals surface area contributed by atoms with Gasteiger partial charge in [-0.3, -0.25) is 4.99 Å². The zero-order valence-corrected chi connectivity index (χ0v) is 9.61. The molecule has 0 saturated carbocycles. The van der Waals surface area contributed by atoms with Crippen molar-refractivity contribution in [1.29, 1.82) is 0 Å². The zero-order chi connectivity index (χ0) is 11.4. The standard InChI is InChI=1S/C13H17NO2/c1-13(9-16-10-13)8-15-7-11-4-3-5-12(6-11)14-2/h3-6H,2,7-10H2,1H3. The molecule has 1 saturated heterocycles. The summed E-state index contributed by atoms with van der Waals surface area (Å²) in [5, 5.41) is 0. The van der Waals surface area contributed by atoms with Crippen molar-refractivity contribution in [3.05, 3.63) is 29.8 Å². The Hall–Kier alpha value is -1.19. The summed E-state index contributed by atoms with van der Waals surface area (Å²) in [5.41, 5.74) is 2.24. The number of hydrogen-bond acceptors (Lipinski definition) is 3. The smallest absolute Gasteiger partial charge is 0.0717 e. The average Bonchev–Trinajstić information content (AvgIpc) is 2.27. The van der Waals surface area contributed by atoms with Gasteiger partial charge in [0.05, 0.1) is 32.1 Å². The van der Waals surface area contributed by atoms with E-state index in [4.69, 9.17) is 9.47 Å². The summed E-state index contributed by atoms with van der Waals surface area (Å²) < 4.78 is 10.9. The maximum absolute atomic E-state index is 5.68. The van der Waals surface area contributed by atoms with Crippen molar-refractivity contribution in [3.8, 4) is 0 Å². The maximum Gasteiger partial charge on any atom is 0.0717 e. The zero-order valence-electron chi connectivity index (χ0n) is 9.61. The van der Waals surface area contributed by atoms with E-state index in [1.807, 2.05) is 24.3 Å². The highest BCUT2D eigenvalue weighted by atomic mass is 16.5. The second-order valence-electron chi connectivity index (χ2n) is 4.62. The first kappa shape index (κ1) is 11.3. The van der Waals surface area contributed by atoms with Crippen LogP contribution in [0.3, 0.4) is 0 Å². The predicted octanol–water partition coefficient (Wildman–Crippen LogP) is 2.57. The van der Waals surface area contributed by atoms with Gasteiger partial charge in [0, 0.05) is 5.41 Å². The van der Waals surface area contributed by atoms with Crippen LogP contribution >= 0.6 is 0 Å². The highest BCUT2D eigenvalue weighted by Gasteiger charge is 2.33. The Morgan fingerprint density at radius 2 is 2.31 bits per heavy atom. The molecule has 0 radical (unpaired) electrons. The first-order valence-corrected chi connectivity index (χ1v) is 5.43. The molecule has 0 unspecified atom stereocenters. The van der Waals surface area contributed by atoms with E-state index in [2.05, 4.69) is 18.6 Å². The third-order valence-corrected chi connectivity index (χ3v) is 2.71. The highest BCUT2D eigenvalue weighted by Crippen LogP contribution is 2.27. The summed E-state index contributed by atoms with van der Waals surface area (Å²) in [6, 6.07) is 7.93. The average molecular weight is 219 g/mol. The van der Waals surface area contributed by atoms with Gasteiger partial charge in [-0.2, -0.15) is 0 Å². The SMILES string of the molecule is C=Nc1cccc(COCC2(C)COC2)c1. The number of benzene rings is 1. The van der Waals surface area contributed by atoms with E-state index < -0.39 is 0 Å². The Bertz CT molecular complexity index is 372. The first-order chi connectivity index (χ1) is 7.72. The predicted molar refractivity (Wildman–Crippen MR) is 64.2 cm³/mol. The van der Waals surface area contributed by atoms with Gasteiger partial charge in [0.2, 0.25) is 0 Å². The fraction of sp³-hybridized carbons (Fsp3) is 0.462. The Balaban J connectivity index is 1.82. The largest absolute Gasteiger partial charge is 0.380 e. The second-order valence-corrected chi connectivity index (χ2v) is 4.62. The molecule has 0 N–H and O–H groups in total. The molecule has 16 heavy (non-hydrogen) atoms. The number of nitrogens with zero attached hydrogens (tertiary/aromatic N) is 1. The van der Waals surface area contributed by atoms with E-state index in [0.717, 1.165) is 31.1 Å². The molecule has 0 bridgehead atoms. The fourth-order valence-corrected chi connectivity index (χ4v) is 1.69. The lowest BCUT2D eigenvalue weighted by atomic mass is 9.90. The van der Waals surface area contributed by atoms with Crippen molar-refractivity contribution in [2.75, 3.05) is 19.8 Å². The molecule has 86 valence electrons. The lowest BCUT2D eigenvalue weighted by molar-refractivity contribution is -0.140. The van der Waals surface area contributed by atoms with Crippen LogP contribution < -0.4 is 0 Å². The summed E-state index contributed by atoms with van der Waals surface area (Å²) in [6.45, 7) is 8.67. The first-order valence-electron chi connectivity index (χ1n) is 5.43. The van der Waals surface area contributed by atoms with Crippen LogP contribution in [-0.2, 0) is 16.1 Å². The van der Waals surface area contributed by atoms with Crippen molar-refractivity contribution in [2.45, 2.75) is 13.5 Å². The summed E-state index contributed by atoms with van der Waals surface area (Å²) in [4.78, 5) is 3.89. The molecule has 1 heterocycles. The number of hydrogen-bond donors (Lipinski definition) is 0. The molecule has 3 heteroatoms. The van der Waals surface area contributed by atoms with Crippen LogP contribution in [-0.4, -0.2) is 26.5 Å². The molecule has 2 rings (SSSR count). The van der Waals surface area contributed by atoms with Gasteiger partial charge in [0.25, 0.3) is 0 Å². The van der Waals surface area contributed by atoms with Crippen molar-refractivity contribution in [2.24, 2.45) is 10.4 Å². The highest BCUT2D eigenvalue weighted by molar-refractivity contribution is 5.46. The van der Waals surface area contributed by atoms with Gasteiger partial charge in [-0.25, -0.2) is 0 Å². The van der Waals surface area contributed by atoms with Crippen LogP contribution in [0, 0.1) is 5.41 Å². The number of aliphatic imine (C=N–C) groups is 1. The van der Waals surface area contributed by atoms with Gasteiger partial charge in [-0.05, 0) is 24.4 Å². The number of rotatable bonds is 5. The lowest BCUT2D eigenvalue weighted by Crippen LogP contribution is -2.43. The Morgan fingerprint density at radius 1 is 1.50 bits per heavy atom. The topological polar surface area (TPSA) is 30.8 Å². The molecule has 0 aromatic heterocycles. The molecule has 0 spiro atoms. The maximum atomic E-state index is 5.68. The van der Waals surface area contributed by atoms with Gasteiger partial charge < -0.3 is 9.47 Å². The summed E-state index contributed by atoms with van der Waals surface area (Å²) in [7, 11) is 0. The molecule has 1 aromatic carbocycles. The minimum atomic E-state index is 0.217. The van der Waals surface area contributed by atoms with Gasteiger partial charge in [0.15, 0.2) is 0 Å². The monoisotopic (exact) mass is 219 g/mol. The van der Waals surface area contributed by atoms with Crippen LogP contribution in [0.2, 0.25) is 0 Å². The molecular weight excluding hydrogens is 202 g/mol. The molecule has 1 aromatic rings. The second kappa shape index (κ2) is 4.76. The lowest BCUT2D eigenvalue weighted by Gasteiger charge is -2.37. The van der Waals surface area contributed by atoms with Crippen LogP contribution in [0.1, 0.15) is 12.5 Å². The molecule has 0 aliphatic carbocycles. The molecule has 1 fully saturated rings.